The first-order chi connectivity index (χ1) is 15.8. The van der Waals surface area contributed by atoms with E-state index in [1.165, 1.54) is 25.2 Å². The molecule has 1 amide bonds. The van der Waals surface area contributed by atoms with Crippen molar-refractivity contribution in [3.8, 4) is 0 Å². The maximum absolute atomic E-state index is 13.4. The summed E-state index contributed by atoms with van der Waals surface area (Å²) < 4.78 is 42.3. The second kappa shape index (κ2) is 9.13. The molecule has 0 radical (unpaired) electrons. The molecule has 1 N–H and O–H groups in total. The number of fused-ring (bicyclic) bond motifs is 1. The molecule has 0 saturated carbocycles. The monoisotopic (exact) mass is 466 g/mol. The van der Waals surface area contributed by atoms with Crippen LogP contribution in [0.25, 0.3) is 10.8 Å². The first-order valence-electron chi connectivity index (χ1n) is 10.2. The van der Waals surface area contributed by atoms with Gasteiger partial charge in [-0.1, -0.05) is 42.5 Å². The number of nitrogens with zero attached hydrogens (tertiary/aromatic N) is 3. The van der Waals surface area contributed by atoms with E-state index in [2.05, 4.69) is 10.3 Å². The number of hydrogen-bond acceptors (Lipinski definition) is 4. The van der Waals surface area contributed by atoms with Crippen molar-refractivity contribution in [1.82, 2.24) is 19.2 Å². The molecule has 0 fully saturated rings. The molecule has 3 aromatic carbocycles. The number of likely N-dealkylation sites (N-methyl/N-ethyl adjacent to an activating group) is 1. The molecule has 1 heterocycles. The maximum Gasteiger partial charge on any atom is 0.243 e. The van der Waals surface area contributed by atoms with Gasteiger partial charge < -0.3 is 9.88 Å². The third-order valence-electron chi connectivity index (χ3n) is 5.42. The van der Waals surface area contributed by atoms with Crippen LogP contribution in [-0.4, -0.2) is 41.8 Å². The number of rotatable bonds is 7. The Kier molecular flexibility index (Phi) is 6.26. The summed E-state index contributed by atoms with van der Waals surface area (Å²) in [5.74, 6) is -0.376. The van der Waals surface area contributed by atoms with Crippen LogP contribution in [0.5, 0.6) is 0 Å². The first kappa shape index (κ1) is 22.6. The van der Waals surface area contributed by atoms with Gasteiger partial charge in [-0.25, -0.2) is 17.8 Å². The van der Waals surface area contributed by atoms with Crippen molar-refractivity contribution in [2.45, 2.75) is 10.9 Å². The van der Waals surface area contributed by atoms with E-state index in [0.29, 0.717) is 11.4 Å². The van der Waals surface area contributed by atoms with Gasteiger partial charge in [0, 0.05) is 26.5 Å². The summed E-state index contributed by atoms with van der Waals surface area (Å²) in [7, 11) is -0.753. The topological polar surface area (TPSA) is 84.3 Å². The van der Waals surface area contributed by atoms with Gasteiger partial charge in [0.15, 0.2) is 0 Å². The summed E-state index contributed by atoms with van der Waals surface area (Å²) in [6, 6.07) is 17.4. The number of carbonyl (C=O) groups is 1. The zero-order chi connectivity index (χ0) is 23.6. The van der Waals surface area contributed by atoms with Gasteiger partial charge in [-0.05, 0) is 40.6 Å². The maximum atomic E-state index is 13.4. The Balaban J connectivity index is 1.55. The van der Waals surface area contributed by atoms with Crippen LogP contribution < -0.4 is 5.32 Å². The van der Waals surface area contributed by atoms with Gasteiger partial charge in [0.25, 0.3) is 0 Å². The first-order valence-corrected chi connectivity index (χ1v) is 11.7. The van der Waals surface area contributed by atoms with E-state index in [1.807, 2.05) is 24.3 Å². The van der Waals surface area contributed by atoms with E-state index >= 15 is 0 Å². The molecule has 0 aliphatic heterocycles. The van der Waals surface area contributed by atoms with Crippen molar-refractivity contribution in [2.24, 2.45) is 7.05 Å². The molecule has 0 aliphatic rings. The number of amides is 1. The van der Waals surface area contributed by atoms with Crippen LogP contribution >= 0.6 is 0 Å². The summed E-state index contributed by atoms with van der Waals surface area (Å²) in [4.78, 5) is 17.3. The average Bonchev–Trinajstić information content (AvgIpc) is 3.23. The van der Waals surface area contributed by atoms with Gasteiger partial charge in [-0.3, -0.25) is 4.79 Å². The number of sulfonamides is 1. The molecule has 0 saturated heterocycles. The summed E-state index contributed by atoms with van der Waals surface area (Å²) in [5, 5.41) is 4.55. The lowest BCUT2D eigenvalue weighted by atomic mass is 10.1. The second-order valence-corrected chi connectivity index (χ2v) is 9.76. The zero-order valence-corrected chi connectivity index (χ0v) is 19.0. The van der Waals surface area contributed by atoms with Crippen LogP contribution in [0.15, 0.2) is 84.0 Å². The van der Waals surface area contributed by atoms with E-state index in [0.717, 1.165) is 15.1 Å². The summed E-state index contributed by atoms with van der Waals surface area (Å²) >= 11 is 0. The highest BCUT2D eigenvalue weighted by Crippen LogP contribution is 2.23. The smallest absolute Gasteiger partial charge is 0.243 e. The molecule has 1 atom stereocenters. The standard InChI is InChI=1S/C24H23FN4O3S/c1-28-14-13-26-24(28)23(18-7-10-20(25)11-8-18)27-22(30)16-29(2)33(31,32)21-12-9-17-5-3-4-6-19(17)15-21/h3-15,23H,16H2,1-2H3,(H,27,30). The number of carbonyl (C=O) groups excluding carboxylic acids is 1. The Bertz CT molecular complexity index is 1400. The fraction of sp³-hybridized carbons (Fsp3) is 0.167. The van der Waals surface area contributed by atoms with E-state index in [-0.39, 0.29) is 4.90 Å². The zero-order valence-electron chi connectivity index (χ0n) is 18.1. The number of hydrogen-bond donors (Lipinski definition) is 1. The van der Waals surface area contributed by atoms with E-state index in [4.69, 9.17) is 0 Å². The predicted molar refractivity (Wildman–Crippen MR) is 123 cm³/mol. The Morgan fingerprint density at radius 1 is 1.09 bits per heavy atom. The Morgan fingerprint density at radius 3 is 2.45 bits per heavy atom. The molecule has 0 spiro atoms. The van der Waals surface area contributed by atoms with Crippen molar-refractivity contribution in [3.63, 3.8) is 0 Å². The highest BCUT2D eigenvalue weighted by atomic mass is 32.2. The minimum absolute atomic E-state index is 0.107. The number of benzene rings is 3. The van der Waals surface area contributed by atoms with Crippen LogP contribution in [0, 0.1) is 5.82 Å². The fourth-order valence-corrected chi connectivity index (χ4v) is 4.77. The van der Waals surface area contributed by atoms with Crippen molar-refractivity contribution in [2.75, 3.05) is 13.6 Å². The summed E-state index contributed by atoms with van der Waals surface area (Å²) in [5.41, 5.74) is 0.624. The number of aryl methyl sites for hydroxylation is 1. The molecule has 4 rings (SSSR count). The highest BCUT2D eigenvalue weighted by Gasteiger charge is 2.26. The van der Waals surface area contributed by atoms with Gasteiger partial charge >= 0.3 is 0 Å². The molecule has 0 aliphatic carbocycles. The molecule has 7 nitrogen and oxygen atoms in total. The SMILES string of the molecule is CN(CC(=O)NC(c1ccc(F)cc1)c1nccn1C)S(=O)(=O)c1ccc2ccccc2c1. The fourth-order valence-electron chi connectivity index (χ4n) is 3.61. The number of imidazole rings is 1. The quantitative estimate of drug-likeness (QED) is 0.453. The summed E-state index contributed by atoms with van der Waals surface area (Å²) in [6.07, 6.45) is 3.32. The minimum Gasteiger partial charge on any atom is -0.341 e. The lowest BCUT2D eigenvalue weighted by molar-refractivity contribution is -0.121. The van der Waals surface area contributed by atoms with Crippen molar-refractivity contribution >= 4 is 26.7 Å². The molecule has 33 heavy (non-hydrogen) atoms. The van der Waals surface area contributed by atoms with Crippen LogP contribution in [0.3, 0.4) is 0 Å². The Morgan fingerprint density at radius 2 is 1.79 bits per heavy atom. The molecule has 1 unspecified atom stereocenters. The molecular formula is C24H23FN4O3S. The van der Waals surface area contributed by atoms with E-state index < -0.39 is 34.3 Å². The van der Waals surface area contributed by atoms with Crippen LogP contribution in [0.1, 0.15) is 17.4 Å². The van der Waals surface area contributed by atoms with E-state index in [9.17, 15) is 17.6 Å². The largest absolute Gasteiger partial charge is 0.341 e. The van der Waals surface area contributed by atoms with Crippen molar-refractivity contribution in [3.05, 3.63) is 96.3 Å². The number of aromatic nitrogens is 2. The van der Waals surface area contributed by atoms with E-state index in [1.54, 1.807) is 48.3 Å². The molecule has 9 heteroatoms. The molecule has 1 aromatic heterocycles. The van der Waals surface area contributed by atoms with Gasteiger partial charge in [-0.2, -0.15) is 4.31 Å². The van der Waals surface area contributed by atoms with Crippen molar-refractivity contribution < 1.29 is 17.6 Å². The minimum atomic E-state index is -3.89. The number of nitrogens with one attached hydrogen (secondary N) is 1. The van der Waals surface area contributed by atoms with Gasteiger partial charge in [0.2, 0.25) is 15.9 Å². The number of halogens is 1. The average molecular weight is 467 g/mol. The van der Waals surface area contributed by atoms with Gasteiger partial charge in [0.1, 0.15) is 17.7 Å². The van der Waals surface area contributed by atoms with Gasteiger partial charge in [-0.15, -0.1) is 0 Å². The van der Waals surface area contributed by atoms with Crippen LogP contribution in [-0.2, 0) is 21.9 Å². The second-order valence-electron chi connectivity index (χ2n) is 7.72. The van der Waals surface area contributed by atoms with Crippen LogP contribution in [0.2, 0.25) is 0 Å². The predicted octanol–water partition coefficient (Wildman–Crippen LogP) is 3.24. The molecule has 0 bridgehead atoms. The highest BCUT2D eigenvalue weighted by molar-refractivity contribution is 7.89. The Hall–Kier alpha value is -3.56. The van der Waals surface area contributed by atoms with Gasteiger partial charge in [0.05, 0.1) is 11.4 Å². The molecule has 4 aromatic rings. The molecule has 170 valence electrons. The lowest BCUT2D eigenvalue weighted by Gasteiger charge is -2.22. The third kappa shape index (κ3) is 4.79. The van der Waals surface area contributed by atoms with Crippen molar-refractivity contribution in [1.29, 1.82) is 0 Å². The lowest BCUT2D eigenvalue weighted by Crippen LogP contribution is -2.40. The summed E-state index contributed by atoms with van der Waals surface area (Å²) in [6.45, 7) is -0.392. The Labute approximate surface area is 191 Å². The normalized spacial score (nSPS) is 12.7. The van der Waals surface area contributed by atoms with Crippen LogP contribution in [0.4, 0.5) is 4.39 Å². The third-order valence-corrected chi connectivity index (χ3v) is 7.22. The molecular weight excluding hydrogens is 443 g/mol.